The molecule has 0 aliphatic rings. The van der Waals surface area contributed by atoms with Gasteiger partial charge in [-0.15, -0.1) is 0 Å². The molecule has 0 aromatic heterocycles. The zero-order chi connectivity index (χ0) is 14.2. The molecule has 0 N–H and O–H groups in total. The predicted octanol–water partition coefficient (Wildman–Crippen LogP) is 4.20. The van der Waals surface area contributed by atoms with Crippen molar-refractivity contribution in [3.63, 3.8) is 0 Å². The lowest BCUT2D eigenvalue weighted by molar-refractivity contribution is 0.371. The van der Waals surface area contributed by atoms with Gasteiger partial charge in [0.25, 0.3) is 0 Å². The Morgan fingerprint density at radius 3 is 1.50 bits per heavy atom. The largest absolute Gasteiger partial charge is 0.544 e. The lowest BCUT2D eigenvalue weighted by atomic mass is 10.1. The molecule has 1 rings (SSSR count). The molecule has 0 radical (unpaired) electrons. The van der Waals surface area contributed by atoms with Crippen LogP contribution in [0, 0.1) is 29.1 Å². The summed E-state index contributed by atoms with van der Waals surface area (Å²) in [5, 5.41) is 0. The van der Waals surface area contributed by atoms with Gasteiger partial charge in [0.1, 0.15) is 5.76 Å². The highest BCUT2D eigenvalue weighted by atomic mass is 28.4. The number of rotatable bonds is 3. The number of hydrogen-bond acceptors (Lipinski definition) is 1. The molecule has 0 saturated carbocycles. The Kier molecular flexibility index (Phi) is 3.85. The molecule has 0 heterocycles. The van der Waals surface area contributed by atoms with Gasteiger partial charge < -0.3 is 4.43 Å². The fourth-order valence-electron chi connectivity index (χ4n) is 1.27. The maximum absolute atomic E-state index is 13.4. The average Bonchev–Trinajstić information content (AvgIpc) is 2.21. The van der Waals surface area contributed by atoms with E-state index >= 15 is 0 Å². The Hall–Kier alpha value is -1.37. The first-order chi connectivity index (χ1) is 8.06. The molecule has 1 nitrogen and oxygen atoms in total. The Labute approximate surface area is 102 Å². The summed E-state index contributed by atoms with van der Waals surface area (Å²) in [5.74, 6) is -10.6. The van der Waals surface area contributed by atoms with Gasteiger partial charge >= 0.3 is 0 Å². The van der Waals surface area contributed by atoms with E-state index in [9.17, 15) is 22.0 Å². The maximum Gasteiger partial charge on any atom is 0.242 e. The van der Waals surface area contributed by atoms with Crippen molar-refractivity contribution in [3.8, 4) is 0 Å². The molecule has 0 aliphatic carbocycles. The summed E-state index contributed by atoms with van der Waals surface area (Å²) >= 11 is 0. The Balaban J connectivity index is 3.38. The highest BCUT2D eigenvalue weighted by molar-refractivity contribution is 6.70. The predicted molar refractivity (Wildman–Crippen MR) is 59.7 cm³/mol. The Morgan fingerprint density at radius 2 is 1.17 bits per heavy atom. The van der Waals surface area contributed by atoms with Crippen LogP contribution in [-0.2, 0) is 4.43 Å². The average molecular weight is 282 g/mol. The first-order valence-corrected chi connectivity index (χ1v) is 8.36. The summed E-state index contributed by atoms with van der Waals surface area (Å²) in [6.45, 7) is 8.27. The van der Waals surface area contributed by atoms with Crippen LogP contribution in [0.4, 0.5) is 22.0 Å². The van der Waals surface area contributed by atoms with Gasteiger partial charge in [0, 0.05) is 0 Å². The second-order valence-corrected chi connectivity index (χ2v) is 9.01. The normalized spacial score (nSPS) is 11.6. The van der Waals surface area contributed by atoms with Crippen LogP contribution in [0.2, 0.25) is 19.6 Å². The lowest BCUT2D eigenvalue weighted by Crippen LogP contribution is -2.25. The van der Waals surface area contributed by atoms with Crippen molar-refractivity contribution in [2.24, 2.45) is 0 Å². The van der Waals surface area contributed by atoms with Crippen LogP contribution in [0.5, 0.6) is 0 Å². The second kappa shape index (κ2) is 4.72. The minimum atomic E-state index is -2.27. The highest BCUT2D eigenvalue weighted by Gasteiger charge is 2.29. The quantitative estimate of drug-likeness (QED) is 0.265. The smallest absolute Gasteiger partial charge is 0.242 e. The molecule has 100 valence electrons. The van der Waals surface area contributed by atoms with Crippen molar-refractivity contribution >= 4 is 14.1 Å². The van der Waals surface area contributed by atoms with Gasteiger partial charge in [0.2, 0.25) is 14.1 Å². The summed E-state index contributed by atoms with van der Waals surface area (Å²) < 4.78 is 70.6. The van der Waals surface area contributed by atoms with Gasteiger partial charge in [0.05, 0.1) is 5.56 Å². The van der Waals surface area contributed by atoms with Crippen LogP contribution in [0.1, 0.15) is 5.56 Å². The summed E-state index contributed by atoms with van der Waals surface area (Å²) in [7, 11) is -2.27. The third kappa shape index (κ3) is 2.72. The van der Waals surface area contributed by atoms with Gasteiger partial charge in [-0.05, 0) is 19.6 Å². The van der Waals surface area contributed by atoms with E-state index in [0.29, 0.717) is 0 Å². The minimum Gasteiger partial charge on any atom is -0.544 e. The van der Waals surface area contributed by atoms with Crippen molar-refractivity contribution < 1.29 is 26.4 Å². The number of hydrogen-bond donors (Lipinski definition) is 0. The SMILES string of the molecule is C=C(O[Si](C)(C)C)c1c(F)c(F)c(F)c(F)c1F. The van der Waals surface area contributed by atoms with E-state index in [1.807, 2.05) is 0 Å². The van der Waals surface area contributed by atoms with Gasteiger partial charge in [0.15, 0.2) is 23.3 Å². The van der Waals surface area contributed by atoms with Gasteiger partial charge in [-0.2, -0.15) is 0 Å². The molecule has 0 unspecified atom stereocenters. The van der Waals surface area contributed by atoms with E-state index in [0.717, 1.165) is 0 Å². The summed E-state index contributed by atoms with van der Waals surface area (Å²) in [4.78, 5) is 0. The fraction of sp³-hybridized carbons (Fsp3) is 0.273. The molecular weight excluding hydrogens is 271 g/mol. The van der Waals surface area contributed by atoms with Crippen LogP contribution in [0.15, 0.2) is 6.58 Å². The third-order valence-electron chi connectivity index (χ3n) is 1.92. The molecule has 0 atom stereocenters. The van der Waals surface area contributed by atoms with E-state index in [-0.39, 0.29) is 0 Å². The van der Waals surface area contributed by atoms with Crippen LogP contribution in [0.25, 0.3) is 5.76 Å². The molecular formula is C11H11F5OSi. The van der Waals surface area contributed by atoms with Crippen LogP contribution in [0.3, 0.4) is 0 Å². The summed E-state index contributed by atoms with van der Waals surface area (Å²) in [6.07, 6.45) is 0. The molecule has 0 aliphatic heterocycles. The molecule has 1 aromatic carbocycles. The first-order valence-electron chi connectivity index (χ1n) is 4.96. The van der Waals surface area contributed by atoms with Crippen LogP contribution >= 0.6 is 0 Å². The highest BCUT2D eigenvalue weighted by Crippen LogP contribution is 2.29. The Morgan fingerprint density at radius 1 is 0.833 bits per heavy atom. The number of benzene rings is 1. The fourth-order valence-corrected chi connectivity index (χ4v) is 2.11. The number of halogens is 5. The van der Waals surface area contributed by atoms with Crippen molar-refractivity contribution in [1.82, 2.24) is 0 Å². The van der Waals surface area contributed by atoms with Gasteiger partial charge in [-0.25, -0.2) is 22.0 Å². The van der Waals surface area contributed by atoms with Crippen LogP contribution in [-0.4, -0.2) is 8.32 Å². The summed E-state index contributed by atoms with van der Waals surface area (Å²) in [6, 6.07) is 0. The second-order valence-electron chi connectivity index (χ2n) is 4.58. The first kappa shape index (κ1) is 14.7. The molecule has 1 aromatic rings. The third-order valence-corrected chi connectivity index (χ3v) is 2.78. The van der Waals surface area contributed by atoms with E-state index in [2.05, 4.69) is 6.58 Å². The van der Waals surface area contributed by atoms with Crippen molar-refractivity contribution in [2.75, 3.05) is 0 Å². The van der Waals surface area contributed by atoms with Crippen molar-refractivity contribution in [3.05, 3.63) is 41.2 Å². The molecule has 0 bridgehead atoms. The molecule has 18 heavy (non-hydrogen) atoms. The maximum atomic E-state index is 13.4. The monoisotopic (exact) mass is 282 g/mol. The van der Waals surface area contributed by atoms with Crippen molar-refractivity contribution in [1.29, 1.82) is 0 Å². The van der Waals surface area contributed by atoms with Crippen LogP contribution < -0.4 is 0 Å². The van der Waals surface area contributed by atoms with E-state index < -0.39 is 48.7 Å². The molecule has 0 amide bonds. The molecule has 0 saturated heterocycles. The minimum absolute atomic E-state index is 0.554. The summed E-state index contributed by atoms with van der Waals surface area (Å²) in [5.41, 5.74) is -1.12. The van der Waals surface area contributed by atoms with E-state index in [1.54, 1.807) is 19.6 Å². The molecule has 0 fully saturated rings. The van der Waals surface area contributed by atoms with Gasteiger partial charge in [-0.1, -0.05) is 6.58 Å². The molecule has 0 spiro atoms. The van der Waals surface area contributed by atoms with E-state index in [4.69, 9.17) is 4.43 Å². The standard InChI is InChI=1S/C11H11F5OSi/c1-5(17-18(2,3)4)6-7(12)9(14)11(16)10(15)8(6)13/h1H2,2-4H3. The zero-order valence-corrected chi connectivity index (χ0v) is 11.0. The van der Waals surface area contributed by atoms with E-state index in [1.165, 1.54) is 0 Å². The topological polar surface area (TPSA) is 9.23 Å². The Bertz CT molecular complexity index is 478. The lowest BCUT2D eigenvalue weighted by Gasteiger charge is -2.21. The van der Waals surface area contributed by atoms with Crippen molar-refractivity contribution in [2.45, 2.75) is 19.6 Å². The molecule has 7 heteroatoms. The van der Waals surface area contributed by atoms with Gasteiger partial charge in [-0.3, -0.25) is 0 Å². The zero-order valence-electron chi connectivity index (χ0n) is 10.0.